The van der Waals surface area contributed by atoms with Crippen LogP contribution in [0.1, 0.15) is 11.9 Å². The van der Waals surface area contributed by atoms with Gasteiger partial charge in [-0.25, -0.2) is 4.98 Å². The summed E-state index contributed by atoms with van der Waals surface area (Å²) in [6.45, 7) is 2.06. The Morgan fingerprint density at radius 2 is 2.44 bits per heavy atom. The van der Waals surface area contributed by atoms with Crippen molar-refractivity contribution in [2.24, 2.45) is 0 Å². The molecule has 0 aliphatic rings. The minimum absolute atomic E-state index is 0.608. The SMILES string of the molecule is CCc1nc(N)c(Br)s1. The van der Waals surface area contributed by atoms with Crippen molar-refractivity contribution in [3.63, 3.8) is 0 Å². The maximum Gasteiger partial charge on any atom is 0.149 e. The van der Waals surface area contributed by atoms with E-state index in [1.165, 1.54) is 0 Å². The average Bonchev–Trinajstić information content (AvgIpc) is 2.13. The van der Waals surface area contributed by atoms with Gasteiger partial charge in [0.2, 0.25) is 0 Å². The first-order valence-electron chi connectivity index (χ1n) is 2.64. The van der Waals surface area contributed by atoms with Crippen LogP contribution in [0.3, 0.4) is 0 Å². The van der Waals surface area contributed by atoms with Crippen molar-refractivity contribution in [1.29, 1.82) is 0 Å². The number of hydrogen-bond donors (Lipinski definition) is 1. The highest BCUT2D eigenvalue weighted by atomic mass is 79.9. The molecule has 1 heterocycles. The van der Waals surface area contributed by atoms with Crippen molar-refractivity contribution in [3.05, 3.63) is 8.79 Å². The van der Waals surface area contributed by atoms with Gasteiger partial charge in [0.05, 0.1) is 5.01 Å². The number of thiazole rings is 1. The standard InChI is InChI=1S/C5H7BrN2S/c1-2-3-8-5(7)4(6)9-3/h2,7H2,1H3. The van der Waals surface area contributed by atoms with Crippen LogP contribution in [-0.4, -0.2) is 4.98 Å². The molecule has 0 radical (unpaired) electrons. The first kappa shape index (κ1) is 7.02. The van der Waals surface area contributed by atoms with E-state index in [9.17, 15) is 0 Å². The number of aryl methyl sites for hydroxylation is 1. The molecule has 0 bridgehead atoms. The maximum atomic E-state index is 5.47. The third-order valence-electron chi connectivity index (χ3n) is 0.956. The molecule has 0 saturated carbocycles. The summed E-state index contributed by atoms with van der Waals surface area (Å²) >= 11 is 4.88. The first-order valence-corrected chi connectivity index (χ1v) is 4.25. The lowest BCUT2D eigenvalue weighted by molar-refractivity contribution is 1.10. The predicted octanol–water partition coefficient (Wildman–Crippen LogP) is 2.05. The Hall–Kier alpha value is -0.0900. The van der Waals surface area contributed by atoms with Crippen LogP contribution < -0.4 is 5.73 Å². The van der Waals surface area contributed by atoms with Crippen molar-refractivity contribution in [1.82, 2.24) is 4.98 Å². The van der Waals surface area contributed by atoms with Crippen LogP contribution in [0.15, 0.2) is 3.79 Å². The highest BCUT2D eigenvalue weighted by Crippen LogP contribution is 2.26. The highest BCUT2D eigenvalue weighted by Gasteiger charge is 2.01. The van der Waals surface area contributed by atoms with E-state index in [1.54, 1.807) is 11.3 Å². The molecule has 0 unspecified atom stereocenters. The van der Waals surface area contributed by atoms with Crippen LogP contribution in [-0.2, 0) is 6.42 Å². The van der Waals surface area contributed by atoms with Gasteiger partial charge in [-0.05, 0) is 22.4 Å². The van der Waals surface area contributed by atoms with E-state index < -0.39 is 0 Å². The number of anilines is 1. The molecule has 0 aromatic carbocycles. The second kappa shape index (κ2) is 2.66. The fourth-order valence-corrected chi connectivity index (χ4v) is 1.80. The number of aromatic nitrogens is 1. The number of nitrogens with zero attached hydrogens (tertiary/aromatic N) is 1. The molecule has 1 aromatic rings. The lowest BCUT2D eigenvalue weighted by Gasteiger charge is -1.79. The van der Waals surface area contributed by atoms with Crippen LogP contribution in [0, 0.1) is 0 Å². The Morgan fingerprint density at radius 1 is 1.78 bits per heavy atom. The van der Waals surface area contributed by atoms with Crippen LogP contribution in [0.2, 0.25) is 0 Å². The fraction of sp³-hybridized carbons (Fsp3) is 0.400. The quantitative estimate of drug-likeness (QED) is 0.765. The van der Waals surface area contributed by atoms with Gasteiger partial charge in [-0.15, -0.1) is 11.3 Å². The largest absolute Gasteiger partial charge is 0.382 e. The molecule has 0 aliphatic carbocycles. The van der Waals surface area contributed by atoms with E-state index in [2.05, 4.69) is 27.8 Å². The van der Waals surface area contributed by atoms with E-state index in [4.69, 9.17) is 5.73 Å². The lowest BCUT2D eigenvalue weighted by Crippen LogP contribution is -1.85. The minimum atomic E-state index is 0.608. The van der Waals surface area contributed by atoms with Gasteiger partial charge in [0.1, 0.15) is 9.60 Å². The molecule has 1 rings (SSSR count). The van der Waals surface area contributed by atoms with Gasteiger partial charge in [0.15, 0.2) is 0 Å². The fourth-order valence-electron chi connectivity index (χ4n) is 0.508. The monoisotopic (exact) mass is 206 g/mol. The summed E-state index contributed by atoms with van der Waals surface area (Å²) in [4.78, 5) is 4.08. The molecule has 2 N–H and O–H groups in total. The molecule has 4 heteroatoms. The van der Waals surface area contributed by atoms with E-state index in [0.29, 0.717) is 5.82 Å². The van der Waals surface area contributed by atoms with Crippen molar-refractivity contribution < 1.29 is 0 Å². The van der Waals surface area contributed by atoms with E-state index in [-0.39, 0.29) is 0 Å². The normalized spacial score (nSPS) is 10.0. The molecule has 9 heavy (non-hydrogen) atoms. The van der Waals surface area contributed by atoms with Crippen LogP contribution in [0.5, 0.6) is 0 Å². The molecule has 2 nitrogen and oxygen atoms in total. The molecule has 0 aliphatic heterocycles. The highest BCUT2D eigenvalue weighted by molar-refractivity contribution is 9.11. The van der Waals surface area contributed by atoms with E-state index in [0.717, 1.165) is 15.2 Å². The Labute approximate surface area is 66.2 Å². The zero-order valence-electron chi connectivity index (χ0n) is 5.02. The summed E-state index contributed by atoms with van der Waals surface area (Å²) in [5.74, 6) is 0.608. The maximum absolute atomic E-state index is 5.47. The summed E-state index contributed by atoms with van der Waals surface area (Å²) < 4.78 is 0.944. The lowest BCUT2D eigenvalue weighted by atomic mass is 10.5. The molecule has 0 fully saturated rings. The summed E-state index contributed by atoms with van der Waals surface area (Å²) in [6.07, 6.45) is 0.959. The van der Waals surface area contributed by atoms with Gasteiger partial charge in [-0.3, -0.25) is 0 Å². The molecule has 0 saturated heterocycles. The second-order valence-corrected chi connectivity index (χ2v) is 4.02. The Balaban J connectivity index is 2.98. The summed E-state index contributed by atoms with van der Waals surface area (Å²) in [6, 6.07) is 0. The zero-order chi connectivity index (χ0) is 6.85. The van der Waals surface area contributed by atoms with Gasteiger partial charge < -0.3 is 5.73 Å². The number of halogens is 1. The van der Waals surface area contributed by atoms with Gasteiger partial charge in [-0.2, -0.15) is 0 Å². The molecular weight excluding hydrogens is 200 g/mol. The van der Waals surface area contributed by atoms with Gasteiger partial charge >= 0.3 is 0 Å². The molecule has 0 atom stereocenters. The van der Waals surface area contributed by atoms with E-state index in [1.807, 2.05) is 0 Å². The van der Waals surface area contributed by atoms with Crippen molar-refractivity contribution in [2.45, 2.75) is 13.3 Å². The molecule has 0 amide bonds. The number of nitrogens with two attached hydrogens (primary N) is 1. The Morgan fingerprint density at radius 3 is 2.67 bits per heavy atom. The van der Waals surface area contributed by atoms with Crippen LogP contribution >= 0.6 is 27.3 Å². The zero-order valence-corrected chi connectivity index (χ0v) is 7.42. The average molecular weight is 207 g/mol. The number of nitrogen functional groups attached to an aromatic ring is 1. The number of hydrogen-bond acceptors (Lipinski definition) is 3. The van der Waals surface area contributed by atoms with Crippen molar-refractivity contribution >= 4 is 33.1 Å². The third-order valence-corrected chi connectivity index (χ3v) is 2.85. The second-order valence-electron chi connectivity index (χ2n) is 1.62. The molecule has 50 valence electrons. The van der Waals surface area contributed by atoms with Crippen LogP contribution in [0.4, 0.5) is 5.82 Å². The summed E-state index contributed by atoms with van der Waals surface area (Å²) in [7, 11) is 0. The van der Waals surface area contributed by atoms with E-state index >= 15 is 0 Å². The van der Waals surface area contributed by atoms with Gasteiger partial charge in [0.25, 0.3) is 0 Å². The smallest absolute Gasteiger partial charge is 0.149 e. The Bertz CT molecular complexity index is 189. The van der Waals surface area contributed by atoms with Crippen molar-refractivity contribution in [2.75, 3.05) is 5.73 Å². The Kier molecular flexibility index (Phi) is 2.08. The molecule has 0 spiro atoms. The van der Waals surface area contributed by atoms with Gasteiger partial charge in [-0.1, -0.05) is 6.92 Å². The van der Waals surface area contributed by atoms with Crippen LogP contribution in [0.25, 0.3) is 0 Å². The predicted molar refractivity (Wildman–Crippen MR) is 43.6 cm³/mol. The van der Waals surface area contributed by atoms with Crippen molar-refractivity contribution in [3.8, 4) is 0 Å². The topological polar surface area (TPSA) is 38.9 Å². The number of rotatable bonds is 1. The third kappa shape index (κ3) is 1.43. The molecular formula is C5H7BrN2S. The summed E-state index contributed by atoms with van der Waals surface area (Å²) in [5, 5.41) is 1.08. The first-order chi connectivity index (χ1) is 4.24. The summed E-state index contributed by atoms with van der Waals surface area (Å²) in [5.41, 5.74) is 5.47. The van der Waals surface area contributed by atoms with Gasteiger partial charge in [0, 0.05) is 0 Å². The minimum Gasteiger partial charge on any atom is -0.382 e. The molecule has 1 aromatic heterocycles.